The number of alkyl halides is 1. The maximum atomic E-state index is 13.6. The lowest BCUT2D eigenvalue weighted by Gasteiger charge is -2.46. The molecule has 29 heavy (non-hydrogen) atoms. The van der Waals surface area contributed by atoms with E-state index >= 15 is 0 Å². The van der Waals surface area contributed by atoms with Gasteiger partial charge in [-0.1, -0.05) is 76.6 Å². The van der Waals surface area contributed by atoms with E-state index in [2.05, 4.69) is 28.1 Å². The molecule has 5 heteroatoms. The van der Waals surface area contributed by atoms with Gasteiger partial charge in [0.25, 0.3) is 5.91 Å². The molecule has 0 spiro atoms. The second-order valence-corrected chi connectivity index (χ2v) is 9.76. The minimum atomic E-state index is -0.520. The van der Waals surface area contributed by atoms with E-state index in [1.807, 2.05) is 69.3 Å². The second kappa shape index (κ2) is 8.70. The summed E-state index contributed by atoms with van der Waals surface area (Å²) in [7, 11) is 0. The van der Waals surface area contributed by atoms with Gasteiger partial charge in [-0.15, -0.1) is 0 Å². The van der Waals surface area contributed by atoms with Crippen LogP contribution in [0.5, 0.6) is 0 Å². The van der Waals surface area contributed by atoms with Crippen molar-refractivity contribution in [2.75, 3.05) is 0 Å². The molecule has 0 saturated carbocycles. The highest BCUT2D eigenvalue weighted by atomic mass is 79.9. The van der Waals surface area contributed by atoms with E-state index in [1.165, 1.54) is 12.5 Å². The summed E-state index contributed by atoms with van der Waals surface area (Å²) in [5, 5.41) is 3.34. The number of hydrogen-bond acceptors (Lipinski definition) is 2. The first-order valence-electron chi connectivity index (χ1n) is 10.1. The van der Waals surface area contributed by atoms with E-state index in [0.29, 0.717) is 6.42 Å². The molecule has 4 nitrogen and oxygen atoms in total. The number of halogens is 1. The summed E-state index contributed by atoms with van der Waals surface area (Å²) in [6, 6.07) is 20.1. The predicted octanol–water partition coefficient (Wildman–Crippen LogP) is 5.46. The zero-order chi connectivity index (χ0) is 21.2. The normalized spacial score (nSPS) is 22.9. The summed E-state index contributed by atoms with van der Waals surface area (Å²) in [5.74, 6) is 0.000518. The number of rotatable bonds is 3. The summed E-state index contributed by atoms with van der Waals surface area (Å²) in [4.78, 5) is 25.9. The van der Waals surface area contributed by atoms with E-state index < -0.39 is 5.54 Å². The molecule has 2 aromatic rings. The van der Waals surface area contributed by atoms with Crippen LogP contribution in [0.1, 0.15) is 63.6 Å². The Bertz CT molecular complexity index is 848. The molecule has 0 radical (unpaired) electrons. The zero-order valence-corrected chi connectivity index (χ0v) is 19.1. The van der Waals surface area contributed by atoms with E-state index in [9.17, 15) is 9.59 Å². The molecule has 2 aromatic carbocycles. The van der Waals surface area contributed by atoms with E-state index in [0.717, 1.165) is 12.0 Å². The van der Waals surface area contributed by atoms with E-state index in [-0.39, 0.29) is 28.6 Å². The highest BCUT2D eigenvalue weighted by Gasteiger charge is 2.44. The monoisotopic (exact) mass is 456 g/mol. The fourth-order valence-electron chi connectivity index (χ4n) is 4.25. The van der Waals surface area contributed by atoms with Crippen molar-refractivity contribution < 1.29 is 9.59 Å². The third kappa shape index (κ3) is 4.72. The van der Waals surface area contributed by atoms with Gasteiger partial charge in [0.05, 0.1) is 16.4 Å². The van der Waals surface area contributed by atoms with Crippen LogP contribution in [-0.2, 0) is 9.59 Å². The summed E-state index contributed by atoms with van der Waals surface area (Å²) in [5.41, 5.74) is 1.74. The molecule has 0 aliphatic carbocycles. The van der Waals surface area contributed by atoms with Crippen LogP contribution in [0.15, 0.2) is 60.7 Å². The van der Waals surface area contributed by atoms with Crippen molar-refractivity contribution in [1.82, 2.24) is 10.0 Å². The first-order valence-corrected chi connectivity index (χ1v) is 11.0. The Balaban J connectivity index is 2.13. The Hall–Kier alpha value is -2.14. The standard InChI is InChI=1S/C24H29BrN2O2/c1-17(28)27(24(2,3)4)26-22(19-13-9-6-10-14-19)16-20(15-21(25)23(26)29)18-11-7-5-8-12-18/h5-14,20-22H,15-16H2,1-4H3. The molecular weight excluding hydrogens is 428 g/mol. The van der Waals surface area contributed by atoms with Crippen molar-refractivity contribution in [3.05, 3.63) is 71.8 Å². The second-order valence-electron chi connectivity index (χ2n) is 8.66. The van der Waals surface area contributed by atoms with E-state index in [4.69, 9.17) is 0 Å². The molecule has 1 aliphatic rings. The fourth-order valence-corrected chi connectivity index (χ4v) is 4.91. The Morgan fingerprint density at radius 1 is 0.966 bits per heavy atom. The van der Waals surface area contributed by atoms with Crippen LogP contribution >= 0.6 is 15.9 Å². The van der Waals surface area contributed by atoms with Gasteiger partial charge in [-0.2, -0.15) is 0 Å². The van der Waals surface area contributed by atoms with Crippen molar-refractivity contribution in [3.8, 4) is 0 Å². The van der Waals surface area contributed by atoms with Crippen LogP contribution in [0.25, 0.3) is 0 Å². The lowest BCUT2D eigenvalue weighted by atomic mass is 9.87. The van der Waals surface area contributed by atoms with Gasteiger partial charge >= 0.3 is 0 Å². The lowest BCUT2D eigenvalue weighted by molar-refractivity contribution is -0.180. The van der Waals surface area contributed by atoms with Crippen LogP contribution < -0.4 is 0 Å². The van der Waals surface area contributed by atoms with Crippen molar-refractivity contribution in [1.29, 1.82) is 0 Å². The Morgan fingerprint density at radius 3 is 1.97 bits per heavy atom. The third-order valence-electron chi connectivity index (χ3n) is 5.39. The number of hydrazine groups is 1. The molecule has 0 bridgehead atoms. The number of carbonyl (C=O) groups excluding carboxylic acids is 2. The summed E-state index contributed by atoms with van der Waals surface area (Å²) in [6.45, 7) is 7.43. The van der Waals surface area contributed by atoms with Crippen molar-refractivity contribution in [2.24, 2.45) is 0 Å². The molecule has 3 unspecified atom stereocenters. The molecule has 154 valence electrons. The molecule has 0 aromatic heterocycles. The molecule has 1 aliphatic heterocycles. The number of amides is 2. The quantitative estimate of drug-likeness (QED) is 0.575. The lowest BCUT2D eigenvalue weighted by Crippen LogP contribution is -2.59. The van der Waals surface area contributed by atoms with Crippen molar-refractivity contribution in [2.45, 2.75) is 62.9 Å². The van der Waals surface area contributed by atoms with Crippen LogP contribution in [-0.4, -0.2) is 32.2 Å². The number of benzene rings is 2. The number of carbonyl (C=O) groups is 2. The van der Waals surface area contributed by atoms with Gasteiger partial charge in [0, 0.05) is 6.92 Å². The SMILES string of the molecule is CC(=O)N(N1C(=O)C(Br)CC(c2ccccc2)CC1c1ccccc1)C(C)(C)C. The fraction of sp³-hybridized carbons (Fsp3) is 0.417. The van der Waals surface area contributed by atoms with Crippen LogP contribution in [0, 0.1) is 0 Å². The molecule has 0 N–H and O–H groups in total. The first kappa shape index (κ1) is 21.6. The molecule has 1 saturated heterocycles. The van der Waals surface area contributed by atoms with Crippen molar-refractivity contribution >= 4 is 27.7 Å². The van der Waals surface area contributed by atoms with Crippen LogP contribution in [0.4, 0.5) is 0 Å². The highest BCUT2D eigenvalue weighted by Crippen LogP contribution is 2.42. The maximum absolute atomic E-state index is 13.6. The molecule has 1 fully saturated rings. The molecule has 3 atom stereocenters. The summed E-state index contributed by atoms with van der Waals surface area (Å²) in [6.07, 6.45) is 1.44. The zero-order valence-electron chi connectivity index (χ0n) is 17.5. The highest BCUT2D eigenvalue weighted by molar-refractivity contribution is 9.10. The van der Waals surface area contributed by atoms with Gasteiger partial charge in [-0.3, -0.25) is 9.59 Å². The van der Waals surface area contributed by atoms with Gasteiger partial charge in [0.2, 0.25) is 5.91 Å². The molecule has 1 heterocycles. The maximum Gasteiger partial charge on any atom is 0.255 e. The van der Waals surface area contributed by atoms with Crippen molar-refractivity contribution in [3.63, 3.8) is 0 Å². The third-order valence-corrected chi connectivity index (χ3v) is 6.16. The minimum Gasteiger partial charge on any atom is -0.273 e. The predicted molar refractivity (Wildman–Crippen MR) is 119 cm³/mol. The van der Waals surface area contributed by atoms with E-state index in [1.54, 1.807) is 10.0 Å². The van der Waals surface area contributed by atoms with Gasteiger partial charge in [-0.25, -0.2) is 10.0 Å². The summed E-state index contributed by atoms with van der Waals surface area (Å²) >= 11 is 3.64. The Kier molecular flexibility index (Phi) is 6.47. The summed E-state index contributed by atoms with van der Waals surface area (Å²) < 4.78 is 0. The average molecular weight is 457 g/mol. The molecule has 2 amide bonds. The van der Waals surface area contributed by atoms with Crippen LogP contribution in [0.3, 0.4) is 0 Å². The first-order chi connectivity index (χ1) is 13.7. The largest absolute Gasteiger partial charge is 0.273 e. The van der Waals surface area contributed by atoms with Gasteiger partial charge in [-0.05, 0) is 50.7 Å². The van der Waals surface area contributed by atoms with Gasteiger partial charge in [0.1, 0.15) is 0 Å². The number of hydrogen-bond donors (Lipinski definition) is 0. The topological polar surface area (TPSA) is 40.6 Å². The molecule has 3 rings (SSSR count). The van der Waals surface area contributed by atoms with Gasteiger partial charge in [0.15, 0.2) is 0 Å². The Morgan fingerprint density at radius 2 is 1.48 bits per heavy atom. The Labute approximate surface area is 182 Å². The van der Waals surface area contributed by atoms with Gasteiger partial charge < -0.3 is 0 Å². The average Bonchev–Trinajstić information content (AvgIpc) is 2.80. The smallest absolute Gasteiger partial charge is 0.255 e. The van der Waals surface area contributed by atoms with Crippen LogP contribution in [0.2, 0.25) is 0 Å². The molecular formula is C24H29BrN2O2. The number of nitrogens with zero attached hydrogens (tertiary/aromatic N) is 2. The minimum absolute atomic E-state index is 0.0672.